The maximum Gasteiger partial charge on any atom is 0.486 e. The van der Waals surface area contributed by atoms with E-state index in [1.54, 1.807) is 24.2 Å². The molecule has 5 rings (SSSR count). The summed E-state index contributed by atoms with van der Waals surface area (Å²) in [5.41, 5.74) is 3.19. The molecule has 0 unspecified atom stereocenters. The van der Waals surface area contributed by atoms with Crippen LogP contribution in [0.4, 0.5) is 36.4 Å². The zero-order chi connectivity index (χ0) is 25.3. The molecule has 1 aromatic carbocycles. The molecular formula is C25H28F3N7S. The standard InChI is InChI=1S/C25H28F3N7S/c1-3-17-14-29-24(30-15-17)33-9-7-19(8-10-33)35(25(26,27)28)23-13-22(31-16-32-23)34-11-6-18-12-20(36-2)4-5-21(18)34/h4-5,12-16,19H,3,6-11H2,1-2H3. The SMILES string of the molecule is CCc1cnc(N2CCC(N(c3cc(N4CCc5cc(SC)ccc54)ncn3)C(F)(F)F)CC2)nc1. The number of piperidine rings is 1. The summed E-state index contributed by atoms with van der Waals surface area (Å²) in [7, 11) is 0. The van der Waals surface area contributed by atoms with Crippen molar-refractivity contribution in [2.45, 2.75) is 49.8 Å². The van der Waals surface area contributed by atoms with E-state index in [9.17, 15) is 13.2 Å². The second-order valence-electron chi connectivity index (χ2n) is 8.93. The van der Waals surface area contributed by atoms with Gasteiger partial charge in [-0.3, -0.25) is 4.90 Å². The van der Waals surface area contributed by atoms with Crippen LogP contribution in [0.3, 0.4) is 0 Å². The van der Waals surface area contributed by atoms with Gasteiger partial charge in [0.1, 0.15) is 18.0 Å². The molecule has 0 atom stereocenters. The lowest BCUT2D eigenvalue weighted by Gasteiger charge is -2.39. The van der Waals surface area contributed by atoms with Gasteiger partial charge in [0.25, 0.3) is 0 Å². The molecule has 4 heterocycles. The van der Waals surface area contributed by atoms with Crippen molar-refractivity contribution in [3.8, 4) is 0 Å². The van der Waals surface area contributed by atoms with E-state index >= 15 is 0 Å². The van der Waals surface area contributed by atoms with E-state index < -0.39 is 12.3 Å². The molecule has 2 aliphatic rings. The average Bonchev–Trinajstić information content (AvgIpc) is 3.32. The van der Waals surface area contributed by atoms with Crippen molar-refractivity contribution in [3.05, 3.63) is 54.1 Å². The number of aryl methyl sites for hydroxylation is 1. The van der Waals surface area contributed by atoms with Gasteiger partial charge in [-0.05, 0) is 61.3 Å². The molecule has 0 spiro atoms. The van der Waals surface area contributed by atoms with Crippen molar-refractivity contribution in [1.82, 2.24) is 19.9 Å². The largest absolute Gasteiger partial charge is 0.486 e. The molecule has 7 nitrogen and oxygen atoms in total. The molecule has 0 saturated carbocycles. The van der Waals surface area contributed by atoms with E-state index in [1.807, 2.05) is 35.1 Å². The van der Waals surface area contributed by atoms with Gasteiger partial charge in [-0.1, -0.05) is 6.92 Å². The Morgan fingerprint density at radius 1 is 1.03 bits per heavy atom. The van der Waals surface area contributed by atoms with Crippen molar-refractivity contribution in [2.75, 3.05) is 40.6 Å². The second kappa shape index (κ2) is 10.1. The topological polar surface area (TPSA) is 61.3 Å². The Morgan fingerprint density at radius 3 is 2.44 bits per heavy atom. The first-order valence-corrected chi connectivity index (χ1v) is 13.3. The Morgan fingerprint density at radius 2 is 1.78 bits per heavy atom. The normalized spacial score (nSPS) is 16.4. The van der Waals surface area contributed by atoms with Crippen molar-refractivity contribution < 1.29 is 13.2 Å². The zero-order valence-corrected chi connectivity index (χ0v) is 21.1. The molecule has 0 N–H and O–H groups in total. The van der Waals surface area contributed by atoms with E-state index in [-0.39, 0.29) is 5.82 Å². The summed E-state index contributed by atoms with van der Waals surface area (Å²) in [4.78, 5) is 22.7. The predicted octanol–water partition coefficient (Wildman–Crippen LogP) is 5.24. The highest BCUT2D eigenvalue weighted by Gasteiger charge is 2.44. The van der Waals surface area contributed by atoms with Crippen molar-refractivity contribution in [2.24, 2.45) is 0 Å². The maximum absolute atomic E-state index is 14.3. The number of thioether (sulfide) groups is 1. The number of anilines is 4. The van der Waals surface area contributed by atoms with Gasteiger partial charge in [-0.2, -0.15) is 13.2 Å². The average molecular weight is 516 g/mol. The summed E-state index contributed by atoms with van der Waals surface area (Å²) < 4.78 is 43.0. The summed E-state index contributed by atoms with van der Waals surface area (Å²) in [5.74, 6) is 0.918. The van der Waals surface area contributed by atoms with Crippen LogP contribution in [0.15, 0.2) is 47.9 Å². The molecule has 0 bridgehead atoms. The fraction of sp³-hybridized carbons (Fsp3) is 0.440. The number of fused-ring (bicyclic) bond motifs is 1. The lowest BCUT2D eigenvalue weighted by atomic mass is 10.0. The summed E-state index contributed by atoms with van der Waals surface area (Å²) in [5, 5.41) is 0. The minimum Gasteiger partial charge on any atom is -0.341 e. The van der Waals surface area contributed by atoms with Crippen LogP contribution in [0.2, 0.25) is 0 Å². The van der Waals surface area contributed by atoms with Gasteiger partial charge < -0.3 is 9.80 Å². The summed E-state index contributed by atoms with van der Waals surface area (Å²) in [6.07, 6.45) is 4.55. The molecule has 0 amide bonds. The molecule has 190 valence electrons. The first-order chi connectivity index (χ1) is 17.4. The summed E-state index contributed by atoms with van der Waals surface area (Å²) in [6.45, 7) is 3.58. The first-order valence-electron chi connectivity index (χ1n) is 12.1. The van der Waals surface area contributed by atoms with Crippen LogP contribution >= 0.6 is 11.8 Å². The molecule has 2 aromatic heterocycles. The third-order valence-corrected chi connectivity index (χ3v) is 7.55. The van der Waals surface area contributed by atoms with Crippen LogP contribution in [0.25, 0.3) is 0 Å². The fourth-order valence-electron chi connectivity index (χ4n) is 4.90. The summed E-state index contributed by atoms with van der Waals surface area (Å²) >= 11 is 1.67. The van der Waals surface area contributed by atoms with Crippen LogP contribution in [-0.2, 0) is 12.8 Å². The van der Waals surface area contributed by atoms with Crippen LogP contribution in [0.1, 0.15) is 30.9 Å². The number of nitrogens with zero attached hydrogens (tertiary/aromatic N) is 7. The third-order valence-electron chi connectivity index (χ3n) is 6.83. The van der Waals surface area contributed by atoms with Crippen molar-refractivity contribution in [3.63, 3.8) is 0 Å². The van der Waals surface area contributed by atoms with Gasteiger partial charge in [0.2, 0.25) is 5.95 Å². The van der Waals surface area contributed by atoms with Gasteiger partial charge >= 0.3 is 6.30 Å². The molecule has 2 aliphatic heterocycles. The van der Waals surface area contributed by atoms with E-state index in [4.69, 9.17) is 0 Å². The highest BCUT2D eigenvalue weighted by molar-refractivity contribution is 7.98. The Bertz CT molecular complexity index is 1200. The highest BCUT2D eigenvalue weighted by atomic mass is 32.2. The van der Waals surface area contributed by atoms with E-state index in [1.165, 1.54) is 22.9 Å². The highest BCUT2D eigenvalue weighted by Crippen LogP contribution is 2.38. The van der Waals surface area contributed by atoms with Crippen LogP contribution in [0, 0.1) is 0 Å². The maximum atomic E-state index is 14.3. The van der Waals surface area contributed by atoms with Gasteiger partial charge in [-0.25, -0.2) is 19.9 Å². The first kappa shape index (κ1) is 24.6. The molecule has 1 fully saturated rings. The molecule has 36 heavy (non-hydrogen) atoms. The molecule has 1 saturated heterocycles. The van der Waals surface area contributed by atoms with Gasteiger partial charge in [0.05, 0.1) is 0 Å². The monoisotopic (exact) mass is 515 g/mol. The lowest BCUT2D eigenvalue weighted by molar-refractivity contribution is -0.136. The smallest absolute Gasteiger partial charge is 0.341 e. The Kier molecular flexibility index (Phi) is 6.92. The van der Waals surface area contributed by atoms with E-state index in [0.717, 1.165) is 24.1 Å². The predicted molar refractivity (Wildman–Crippen MR) is 136 cm³/mol. The minimum atomic E-state index is -4.56. The molecule has 3 aromatic rings. The minimum absolute atomic E-state index is 0.122. The number of alkyl halides is 3. The Labute approximate surface area is 212 Å². The Balaban J connectivity index is 1.35. The molecule has 11 heteroatoms. The number of halogens is 3. The zero-order valence-electron chi connectivity index (χ0n) is 20.2. The number of rotatable bonds is 6. The quantitative estimate of drug-likeness (QED) is 0.326. The van der Waals surface area contributed by atoms with Crippen molar-refractivity contribution in [1.29, 1.82) is 0 Å². The number of aromatic nitrogens is 4. The van der Waals surface area contributed by atoms with Crippen molar-refractivity contribution >= 4 is 35.0 Å². The molecule has 0 aliphatic carbocycles. The second-order valence-corrected chi connectivity index (χ2v) is 9.81. The molecule has 0 radical (unpaired) electrons. The Hall–Kier alpha value is -3.08. The van der Waals surface area contributed by atoms with E-state index in [2.05, 4.69) is 26.0 Å². The third kappa shape index (κ3) is 4.93. The fourth-order valence-corrected chi connectivity index (χ4v) is 5.37. The number of hydrogen-bond donors (Lipinski definition) is 0. The van der Waals surface area contributed by atoms with Gasteiger partial charge in [0, 0.05) is 54.7 Å². The van der Waals surface area contributed by atoms with Crippen LogP contribution in [-0.4, -0.2) is 58.2 Å². The molecular weight excluding hydrogens is 487 g/mol. The number of hydrogen-bond acceptors (Lipinski definition) is 8. The van der Waals surface area contributed by atoms with E-state index in [0.29, 0.717) is 49.1 Å². The number of benzene rings is 1. The van der Waals surface area contributed by atoms with Gasteiger partial charge in [0.15, 0.2) is 0 Å². The van der Waals surface area contributed by atoms with Gasteiger partial charge in [-0.15, -0.1) is 11.8 Å². The lowest BCUT2D eigenvalue weighted by Crippen LogP contribution is -2.51. The summed E-state index contributed by atoms with van der Waals surface area (Å²) in [6, 6.07) is 6.91. The van der Waals surface area contributed by atoms with Crippen LogP contribution in [0.5, 0.6) is 0 Å². The van der Waals surface area contributed by atoms with Crippen LogP contribution < -0.4 is 14.7 Å².